The zero-order valence-electron chi connectivity index (χ0n) is 32.5. The lowest BCUT2D eigenvalue weighted by atomic mass is 10.1. The molecule has 1 saturated heterocycles. The molecule has 0 aromatic heterocycles. The van der Waals surface area contributed by atoms with E-state index in [-0.39, 0.29) is 39.6 Å². The van der Waals surface area contributed by atoms with E-state index in [4.69, 9.17) is 33.2 Å². The number of benzene rings is 6. The van der Waals surface area contributed by atoms with Gasteiger partial charge in [0.2, 0.25) is 0 Å². The Kier molecular flexibility index (Phi) is 15.5. The van der Waals surface area contributed by atoms with Gasteiger partial charge < -0.3 is 38.3 Å². The van der Waals surface area contributed by atoms with Gasteiger partial charge in [0.1, 0.15) is 30.5 Å². The van der Waals surface area contributed by atoms with Gasteiger partial charge in [0.25, 0.3) is 0 Å². The fraction of sp³-hybridized carbons (Fsp3) is 0.306. The molecule has 1 aliphatic heterocycles. The Morgan fingerprint density at radius 1 is 0.500 bits per heavy atom. The minimum absolute atomic E-state index is 0.00294. The molecule has 8 nitrogen and oxygen atoms in total. The Morgan fingerprint density at radius 3 is 1.57 bits per heavy atom. The largest absolute Gasteiger partial charge is 0.387 e. The van der Waals surface area contributed by atoms with Gasteiger partial charge >= 0.3 is 0 Å². The van der Waals surface area contributed by atoms with Crippen molar-refractivity contribution in [3.8, 4) is 0 Å². The first-order valence-corrected chi connectivity index (χ1v) is 19.8. The molecule has 1 aliphatic rings. The highest BCUT2D eigenvalue weighted by Gasteiger charge is 2.46. The maximum atomic E-state index is 15.7. The number of halogens is 1. The Hall–Kier alpha value is -4.81. The maximum Gasteiger partial charge on any atom is 0.192 e. The number of ether oxygens (including phenoxy) is 7. The molecule has 0 amide bonds. The van der Waals surface area contributed by atoms with Gasteiger partial charge in [0.15, 0.2) is 12.5 Å². The number of fused-ring (bicyclic) bond motifs is 1. The molecule has 6 aromatic carbocycles. The Morgan fingerprint density at radius 2 is 0.983 bits per heavy atom. The number of aliphatic hydroxyl groups excluding tert-OH is 1. The quantitative estimate of drug-likeness (QED) is 0.0732. The lowest BCUT2D eigenvalue weighted by molar-refractivity contribution is -0.214. The van der Waals surface area contributed by atoms with Gasteiger partial charge in [-0.1, -0.05) is 158 Å². The highest BCUT2D eigenvalue weighted by molar-refractivity contribution is 5.82. The third-order valence-corrected chi connectivity index (χ3v) is 10.1. The second kappa shape index (κ2) is 21.8. The van der Waals surface area contributed by atoms with E-state index in [0.717, 1.165) is 38.6 Å². The van der Waals surface area contributed by atoms with Crippen LogP contribution in [0.5, 0.6) is 0 Å². The summed E-state index contributed by atoms with van der Waals surface area (Å²) in [5.41, 5.74) is 4.87. The van der Waals surface area contributed by atoms with Crippen molar-refractivity contribution in [2.45, 2.75) is 76.0 Å². The Balaban J connectivity index is 1.11. The van der Waals surface area contributed by atoms with Crippen LogP contribution in [0.3, 0.4) is 0 Å². The lowest BCUT2D eigenvalue weighted by Gasteiger charge is -2.34. The van der Waals surface area contributed by atoms with Crippen LogP contribution in [-0.2, 0) is 66.2 Å². The van der Waals surface area contributed by atoms with Crippen molar-refractivity contribution in [2.75, 3.05) is 19.8 Å². The van der Waals surface area contributed by atoms with E-state index in [1.165, 1.54) is 0 Å². The molecule has 0 aliphatic carbocycles. The molecule has 58 heavy (non-hydrogen) atoms. The van der Waals surface area contributed by atoms with E-state index >= 15 is 4.39 Å². The van der Waals surface area contributed by atoms with Gasteiger partial charge in [-0.25, -0.2) is 4.39 Å². The fourth-order valence-electron chi connectivity index (χ4n) is 6.89. The van der Waals surface area contributed by atoms with Crippen molar-refractivity contribution in [2.24, 2.45) is 0 Å². The van der Waals surface area contributed by atoms with Crippen LogP contribution in [-0.4, -0.2) is 67.9 Å². The zero-order valence-corrected chi connectivity index (χ0v) is 32.5. The molecular weight excluding hydrogens is 736 g/mol. The first-order valence-electron chi connectivity index (χ1n) is 19.8. The third-order valence-electron chi connectivity index (χ3n) is 10.1. The molecule has 1 heterocycles. The average Bonchev–Trinajstić information content (AvgIpc) is 3.55. The van der Waals surface area contributed by atoms with Crippen LogP contribution < -0.4 is 0 Å². The first kappa shape index (κ1) is 41.4. The highest BCUT2D eigenvalue weighted by Crippen LogP contribution is 2.28. The number of hydrogen-bond acceptors (Lipinski definition) is 8. The summed E-state index contributed by atoms with van der Waals surface area (Å²) in [6.07, 6.45) is -7.69. The molecule has 0 saturated carbocycles. The summed E-state index contributed by atoms with van der Waals surface area (Å²) in [6, 6.07) is 53.7. The first-order chi connectivity index (χ1) is 28.6. The smallest absolute Gasteiger partial charge is 0.192 e. The summed E-state index contributed by atoms with van der Waals surface area (Å²) in [7, 11) is 0. The zero-order chi connectivity index (χ0) is 39.8. The highest BCUT2D eigenvalue weighted by atomic mass is 19.1. The maximum absolute atomic E-state index is 15.7. The van der Waals surface area contributed by atoms with E-state index in [0.29, 0.717) is 13.2 Å². The van der Waals surface area contributed by atoms with Gasteiger partial charge in [-0.3, -0.25) is 0 Å². The van der Waals surface area contributed by atoms with Crippen molar-refractivity contribution in [1.82, 2.24) is 0 Å². The second-order valence-electron chi connectivity index (χ2n) is 14.4. The van der Waals surface area contributed by atoms with Gasteiger partial charge in [0, 0.05) is 0 Å². The van der Waals surface area contributed by atoms with Gasteiger partial charge in [-0.05, 0) is 44.7 Å². The predicted octanol–water partition coefficient (Wildman–Crippen LogP) is 8.77. The fourth-order valence-corrected chi connectivity index (χ4v) is 6.89. The van der Waals surface area contributed by atoms with Crippen molar-refractivity contribution in [3.63, 3.8) is 0 Å². The van der Waals surface area contributed by atoms with E-state index in [1.807, 2.05) is 133 Å². The molecule has 302 valence electrons. The van der Waals surface area contributed by atoms with Gasteiger partial charge in [-0.2, -0.15) is 0 Å². The summed E-state index contributed by atoms with van der Waals surface area (Å²) in [4.78, 5) is 0. The topological polar surface area (TPSA) is 84.8 Å². The van der Waals surface area contributed by atoms with Crippen LogP contribution in [0.25, 0.3) is 10.8 Å². The SMILES string of the molecule is OC1C(F)[C@H](OCC(OCc2ccccc2)C(OCc2ccccc2)C(COCc2ccc3ccccc3c2)OCc2ccccc2)O[C@@H]1COCc1ccccc1. The second-order valence-corrected chi connectivity index (χ2v) is 14.4. The number of alkyl halides is 1. The average molecular weight is 787 g/mol. The summed E-state index contributed by atoms with van der Waals surface area (Å²) in [5, 5.41) is 13.1. The molecule has 0 radical (unpaired) electrons. The van der Waals surface area contributed by atoms with Crippen LogP contribution in [0.4, 0.5) is 4.39 Å². The molecule has 7 rings (SSSR count). The van der Waals surface area contributed by atoms with Crippen LogP contribution in [0.15, 0.2) is 164 Å². The molecule has 6 aromatic rings. The van der Waals surface area contributed by atoms with Gasteiger partial charge in [0.05, 0.1) is 52.9 Å². The molecule has 7 atom stereocenters. The summed E-state index contributed by atoms with van der Waals surface area (Å²) < 4.78 is 60.1. The normalized spacial score (nSPS) is 19.6. The van der Waals surface area contributed by atoms with Crippen LogP contribution >= 0.6 is 0 Å². The summed E-state index contributed by atoms with van der Waals surface area (Å²) >= 11 is 0. The lowest BCUT2D eigenvalue weighted by Crippen LogP contribution is -2.48. The van der Waals surface area contributed by atoms with Crippen molar-refractivity contribution in [1.29, 1.82) is 0 Å². The summed E-state index contributed by atoms with van der Waals surface area (Å²) in [5.74, 6) is 0. The Labute approximate surface area is 340 Å². The van der Waals surface area contributed by atoms with Crippen LogP contribution in [0.2, 0.25) is 0 Å². The monoisotopic (exact) mass is 786 g/mol. The van der Waals surface area contributed by atoms with Crippen LogP contribution in [0.1, 0.15) is 27.8 Å². The molecule has 0 spiro atoms. The molecule has 5 unspecified atom stereocenters. The van der Waals surface area contributed by atoms with Gasteiger partial charge in [-0.15, -0.1) is 0 Å². The molecule has 1 fully saturated rings. The van der Waals surface area contributed by atoms with E-state index in [9.17, 15) is 5.11 Å². The van der Waals surface area contributed by atoms with Crippen molar-refractivity contribution in [3.05, 3.63) is 192 Å². The predicted molar refractivity (Wildman–Crippen MR) is 220 cm³/mol. The molecule has 9 heteroatoms. The molecule has 0 bridgehead atoms. The van der Waals surface area contributed by atoms with E-state index in [1.54, 1.807) is 0 Å². The number of hydrogen-bond donors (Lipinski definition) is 1. The van der Waals surface area contributed by atoms with Crippen LogP contribution in [0, 0.1) is 0 Å². The minimum atomic E-state index is -1.81. The number of aliphatic hydroxyl groups is 1. The van der Waals surface area contributed by atoms with Crippen molar-refractivity contribution >= 4 is 10.8 Å². The Bertz CT molecular complexity index is 2060. The molecule has 1 N–H and O–H groups in total. The van der Waals surface area contributed by atoms with E-state index < -0.39 is 43.0 Å². The standard InChI is InChI=1S/C49H51FO8/c50-46-47(51)43(33-52-28-36-15-5-1-6-16-36)58-49(46)57-35-45(55-31-38-19-9-3-10-20-38)48(56-32-39-21-11-4-12-22-39)44(54-30-37-17-7-2-8-18-37)34-53-29-40-25-26-41-23-13-14-24-42(41)27-40/h1-27,43-49,51H,28-35H2/t43-,44?,45?,46?,47?,48?,49-/m1/s1. The minimum Gasteiger partial charge on any atom is -0.387 e. The third kappa shape index (κ3) is 12.1. The van der Waals surface area contributed by atoms with E-state index in [2.05, 4.69) is 30.3 Å². The summed E-state index contributed by atoms with van der Waals surface area (Å²) in [6.45, 7) is 1.45. The number of rotatable bonds is 22. The molecular formula is C49H51FO8. The van der Waals surface area contributed by atoms with Crippen molar-refractivity contribution < 1.29 is 42.7 Å².